The van der Waals surface area contributed by atoms with Crippen LogP contribution in [0, 0.1) is 11.6 Å². The van der Waals surface area contributed by atoms with Crippen LogP contribution in [0.3, 0.4) is 0 Å². The van der Waals surface area contributed by atoms with E-state index in [0.29, 0.717) is 0 Å². The van der Waals surface area contributed by atoms with Gasteiger partial charge < -0.3 is 5.32 Å². The van der Waals surface area contributed by atoms with Crippen LogP contribution in [0.2, 0.25) is 0 Å². The van der Waals surface area contributed by atoms with Crippen LogP contribution in [0.15, 0.2) is 12.1 Å². The minimum absolute atomic E-state index is 0.215. The summed E-state index contributed by atoms with van der Waals surface area (Å²) < 4.78 is 26.4. The van der Waals surface area contributed by atoms with Gasteiger partial charge in [0.2, 0.25) is 0 Å². The van der Waals surface area contributed by atoms with Crippen LogP contribution < -0.4 is 5.32 Å². The Balaban J connectivity index is 2.04. The van der Waals surface area contributed by atoms with Crippen LogP contribution in [0.4, 0.5) is 8.78 Å². The van der Waals surface area contributed by atoms with Crippen LogP contribution in [-0.4, -0.2) is 31.1 Å². The minimum atomic E-state index is -0.730. The largest absolute Gasteiger partial charge is 0.314 e. The second-order valence-electron chi connectivity index (χ2n) is 4.47. The van der Waals surface area contributed by atoms with Gasteiger partial charge >= 0.3 is 0 Å². The van der Waals surface area contributed by atoms with Crippen molar-refractivity contribution in [1.82, 2.24) is 10.2 Å². The molecular formula is C12H14F2N2. The van der Waals surface area contributed by atoms with Crippen molar-refractivity contribution < 1.29 is 8.78 Å². The van der Waals surface area contributed by atoms with Crippen molar-refractivity contribution in [1.29, 1.82) is 0 Å². The molecule has 2 aliphatic heterocycles. The minimum Gasteiger partial charge on any atom is -0.314 e. The highest BCUT2D eigenvalue weighted by atomic mass is 19.2. The fraction of sp³-hybridized carbons (Fsp3) is 0.500. The molecule has 0 aliphatic carbocycles. The highest BCUT2D eigenvalue weighted by molar-refractivity contribution is 5.34. The molecule has 1 aromatic carbocycles. The fourth-order valence-electron chi connectivity index (χ4n) is 2.71. The van der Waals surface area contributed by atoms with Gasteiger partial charge in [-0.1, -0.05) is 0 Å². The van der Waals surface area contributed by atoms with Gasteiger partial charge in [-0.15, -0.1) is 0 Å². The van der Waals surface area contributed by atoms with E-state index in [-0.39, 0.29) is 6.04 Å². The Hall–Kier alpha value is -1.00. The highest BCUT2D eigenvalue weighted by Gasteiger charge is 2.30. The zero-order valence-corrected chi connectivity index (χ0v) is 8.97. The summed E-state index contributed by atoms with van der Waals surface area (Å²) in [5, 5.41) is 3.30. The molecule has 0 radical (unpaired) electrons. The zero-order chi connectivity index (χ0) is 11.1. The molecule has 16 heavy (non-hydrogen) atoms. The van der Waals surface area contributed by atoms with Crippen LogP contribution in [0.1, 0.15) is 17.2 Å². The molecule has 2 heterocycles. The first-order valence-electron chi connectivity index (χ1n) is 5.68. The lowest BCUT2D eigenvalue weighted by atomic mass is 9.91. The van der Waals surface area contributed by atoms with Crippen molar-refractivity contribution >= 4 is 0 Å². The molecule has 2 aliphatic rings. The Morgan fingerprint density at radius 2 is 2.00 bits per heavy atom. The van der Waals surface area contributed by atoms with E-state index in [9.17, 15) is 8.78 Å². The van der Waals surface area contributed by atoms with E-state index >= 15 is 0 Å². The molecule has 1 fully saturated rings. The van der Waals surface area contributed by atoms with Gasteiger partial charge in [0.25, 0.3) is 0 Å². The van der Waals surface area contributed by atoms with Crippen molar-refractivity contribution in [3.05, 3.63) is 34.9 Å². The summed E-state index contributed by atoms with van der Waals surface area (Å²) in [6, 6.07) is 2.94. The summed E-state index contributed by atoms with van der Waals surface area (Å²) in [7, 11) is 0. The molecule has 0 amide bonds. The first-order chi connectivity index (χ1) is 7.75. The van der Waals surface area contributed by atoms with Crippen molar-refractivity contribution in [2.45, 2.75) is 12.5 Å². The summed E-state index contributed by atoms with van der Waals surface area (Å²) in [6.45, 7) is 3.75. The molecular weight excluding hydrogens is 210 g/mol. The lowest BCUT2D eigenvalue weighted by Crippen LogP contribution is -2.48. The predicted octanol–water partition coefficient (Wildman–Crippen LogP) is 1.47. The van der Waals surface area contributed by atoms with Crippen LogP contribution in [-0.2, 0) is 6.42 Å². The molecule has 1 aromatic rings. The Bertz CT molecular complexity index is 420. The van der Waals surface area contributed by atoms with E-state index in [1.165, 1.54) is 12.1 Å². The van der Waals surface area contributed by atoms with Gasteiger partial charge in [0, 0.05) is 32.2 Å². The van der Waals surface area contributed by atoms with Crippen molar-refractivity contribution in [3.63, 3.8) is 0 Å². The summed E-state index contributed by atoms with van der Waals surface area (Å²) in [4.78, 5) is 2.34. The Kier molecular flexibility index (Phi) is 2.41. The standard InChI is InChI=1S/C12H14F2N2/c13-10-5-8-1-3-16-4-2-15-7-12(16)9(8)6-11(10)14/h5-6,12,15H,1-4,7H2. The maximum atomic E-state index is 13.3. The average molecular weight is 224 g/mol. The van der Waals surface area contributed by atoms with Crippen LogP contribution in [0.5, 0.6) is 0 Å². The molecule has 3 rings (SSSR count). The van der Waals surface area contributed by atoms with Gasteiger partial charge in [0.15, 0.2) is 11.6 Å². The van der Waals surface area contributed by atoms with Gasteiger partial charge in [0.1, 0.15) is 0 Å². The Morgan fingerprint density at radius 3 is 2.88 bits per heavy atom. The third-order valence-electron chi connectivity index (χ3n) is 3.56. The first kappa shape index (κ1) is 10.2. The van der Waals surface area contributed by atoms with E-state index in [0.717, 1.165) is 43.7 Å². The van der Waals surface area contributed by atoms with E-state index in [4.69, 9.17) is 0 Å². The Morgan fingerprint density at radius 1 is 1.19 bits per heavy atom. The predicted molar refractivity (Wildman–Crippen MR) is 57.2 cm³/mol. The van der Waals surface area contributed by atoms with Crippen molar-refractivity contribution in [3.8, 4) is 0 Å². The van der Waals surface area contributed by atoms with Crippen LogP contribution >= 0.6 is 0 Å². The molecule has 0 spiro atoms. The van der Waals surface area contributed by atoms with E-state index in [1.807, 2.05) is 0 Å². The normalized spacial score (nSPS) is 25.0. The summed E-state index contributed by atoms with van der Waals surface area (Å²) >= 11 is 0. The topological polar surface area (TPSA) is 15.3 Å². The van der Waals surface area contributed by atoms with Gasteiger partial charge in [0.05, 0.1) is 0 Å². The number of halogens is 2. The van der Waals surface area contributed by atoms with E-state index < -0.39 is 11.6 Å². The molecule has 1 N–H and O–H groups in total. The van der Waals surface area contributed by atoms with Gasteiger partial charge in [-0.05, 0) is 29.7 Å². The lowest BCUT2D eigenvalue weighted by Gasteiger charge is -2.40. The number of nitrogens with one attached hydrogen (secondary N) is 1. The molecule has 0 aromatic heterocycles. The van der Waals surface area contributed by atoms with Gasteiger partial charge in [-0.2, -0.15) is 0 Å². The second-order valence-corrected chi connectivity index (χ2v) is 4.47. The molecule has 0 saturated carbocycles. The maximum Gasteiger partial charge on any atom is 0.159 e. The molecule has 1 saturated heterocycles. The monoisotopic (exact) mass is 224 g/mol. The highest BCUT2D eigenvalue weighted by Crippen LogP contribution is 2.31. The zero-order valence-electron chi connectivity index (χ0n) is 8.97. The number of hydrogen-bond acceptors (Lipinski definition) is 2. The van der Waals surface area contributed by atoms with Gasteiger partial charge in [-0.25, -0.2) is 8.78 Å². The molecule has 1 unspecified atom stereocenters. The van der Waals surface area contributed by atoms with E-state index in [1.54, 1.807) is 0 Å². The smallest absolute Gasteiger partial charge is 0.159 e. The quantitative estimate of drug-likeness (QED) is 0.718. The average Bonchev–Trinajstić information content (AvgIpc) is 2.31. The second kappa shape index (κ2) is 3.79. The number of benzene rings is 1. The maximum absolute atomic E-state index is 13.3. The molecule has 86 valence electrons. The fourth-order valence-corrected chi connectivity index (χ4v) is 2.71. The van der Waals surface area contributed by atoms with Crippen molar-refractivity contribution in [2.24, 2.45) is 0 Å². The molecule has 2 nitrogen and oxygen atoms in total. The molecule has 4 heteroatoms. The number of fused-ring (bicyclic) bond motifs is 3. The van der Waals surface area contributed by atoms with Crippen molar-refractivity contribution in [2.75, 3.05) is 26.2 Å². The van der Waals surface area contributed by atoms with E-state index in [2.05, 4.69) is 10.2 Å². The number of nitrogens with zero attached hydrogens (tertiary/aromatic N) is 1. The number of piperazine rings is 1. The summed E-state index contributed by atoms with van der Waals surface area (Å²) in [5.41, 5.74) is 1.92. The Labute approximate surface area is 93.3 Å². The first-order valence-corrected chi connectivity index (χ1v) is 5.68. The third-order valence-corrected chi connectivity index (χ3v) is 3.56. The summed E-state index contributed by atoms with van der Waals surface area (Å²) in [6.07, 6.45) is 0.822. The number of hydrogen-bond donors (Lipinski definition) is 1. The molecule has 0 bridgehead atoms. The summed E-state index contributed by atoms with van der Waals surface area (Å²) in [5.74, 6) is -1.46. The van der Waals surface area contributed by atoms with Crippen LogP contribution in [0.25, 0.3) is 0 Å². The van der Waals surface area contributed by atoms with Gasteiger partial charge in [-0.3, -0.25) is 4.90 Å². The third kappa shape index (κ3) is 1.53. The SMILES string of the molecule is Fc1cc2c(cc1F)C1CNCCN1CC2. The molecule has 1 atom stereocenters. The number of rotatable bonds is 0. The lowest BCUT2D eigenvalue weighted by molar-refractivity contribution is 0.151.